The molecule has 0 atom stereocenters. The van der Waals surface area contributed by atoms with Crippen LogP contribution in [-0.4, -0.2) is 29.4 Å². The molecule has 0 saturated heterocycles. The molecule has 118 valence electrons. The highest BCUT2D eigenvalue weighted by atomic mass is 32.1. The third-order valence-corrected chi connectivity index (χ3v) is 4.49. The Bertz CT molecular complexity index is 753. The molecule has 0 N–H and O–H groups in total. The quantitative estimate of drug-likeness (QED) is 0.693. The summed E-state index contributed by atoms with van der Waals surface area (Å²) in [5.74, 6) is 0.842. The van der Waals surface area contributed by atoms with Crippen LogP contribution >= 0.6 is 11.3 Å². The Labute approximate surface area is 139 Å². The Hall–Kier alpha value is -2.40. The summed E-state index contributed by atoms with van der Waals surface area (Å²) in [6, 6.07) is 17.5. The fraction of sp³-hybridized carbons (Fsp3) is 0.222. The summed E-state index contributed by atoms with van der Waals surface area (Å²) >= 11 is 1.63. The van der Waals surface area contributed by atoms with Gasteiger partial charge in [-0.2, -0.15) is 0 Å². The van der Waals surface area contributed by atoms with Gasteiger partial charge in [0.05, 0.1) is 29.8 Å². The Kier molecular flexibility index (Phi) is 4.88. The molecule has 3 rings (SSSR count). The van der Waals surface area contributed by atoms with Gasteiger partial charge in [0.2, 0.25) is 5.91 Å². The molecule has 0 radical (unpaired) electrons. The van der Waals surface area contributed by atoms with Crippen molar-refractivity contribution in [3.63, 3.8) is 0 Å². The zero-order chi connectivity index (χ0) is 16.1. The highest BCUT2D eigenvalue weighted by Gasteiger charge is 2.12. The van der Waals surface area contributed by atoms with Crippen LogP contribution in [0.4, 0.5) is 0 Å². The number of hydrogen-bond acceptors (Lipinski definition) is 4. The maximum absolute atomic E-state index is 12.2. The van der Waals surface area contributed by atoms with Crippen molar-refractivity contribution in [2.45, 2.75) is 13.0 Å². The molecule has 2 aromatic carbocycles. The largest absolute Gasteiger partial charge is 0.493 e. The van der Waals surface area contributed by atoms with E-state index in [1.165, 1.54) is 0 Å². The predicted octanol–water partition coefficient (Wildman–Crippen LogP) is 3.72. The van der Waals surface area contributed by atoms with E-state index in [9.17, 15) is 4.79 Å². The molecule has 0 saturated carbocycles. The Morgan fingerprint density at radius 3 is 2.65 bits per heavy atom. The molecule has 0 aliphatic rings. The number of ether oxygens (including phenoxy) is 1. The molecule has 0 aliphatic carbocycles. The maximum Gasteiger partial charge on any atom is 0.226 e. The number of nitrogens with zero attached hydrogens (tertiary/aromatic N) is 2. The summed E-state index contributed by atoms with van der Waals surface area (Å²) in [6.45, 7) is 0.913. The summed E-state index contributed by atoms with van der Waals surface area (Å²) in [7, 11) is 1.80. The second-order valence-corrected chi connectivity index (χ2v) is 6.35. The van der Waals surface area contributed by atoms with Gasteiger partial charge in [0, 0.05) is 7.05 Å². The van der Waals surface area contributed by atoms with Gasteiger partial charge in [-0.25, -0.2) is 4.98 Å². The Balaban J connectivity index is 1.51. The average molecular weight is 326 g/mol. The first-order chi connectivity index (χ1) is 11.2. The van der Waals surface area contributed by atoms with Crippen LogP contribution in [0.1, 0.15) is 11.4 Å². The van der Waals surface area contributed by atoms with Crippen molar-refractivity contribution in [1.29, 1.82) is 0 Å². The maximum atomic E-state index is 12.2. The lowest BCUT2D eigenvalue weighted by Gasteiger charge is -2.15. The van der Waals surface area contributed by atoms with Gasteiger partial charge < -0.3 is 9.64 Å². The number of carbonyl (C=O) groups is 1. The van der Waals surface area contributed by atoms with Gasteiger partial charge >= 0.3 is 0 Å². The van der Waals surface area contributed by atoms with E-state index >= 15 is 0 Å². The summed E-state index contributed by atoms with van der Waals surface area (Å²) in [4.78, 5) is 18.4. The lowest BCUT2D eigenvalue weighted by molar-refractivity contribution is -0.130. The van der Waals surface area contributed by atoms with Crippen LogP contribution in [0, 0.1) is 0 Å². The number of benzene rings is 2. The van der Waals surface area contributed by atoms with Crippen LogP contribution < -0.4 is 4.74 Å². The van der Waals surface area contributed by atoms with Gasteiger partial charge in [0.1, 0.15) is 10.8 Å². The van der Waals surface area contributed by atoms with Crippen LogP contribution in [0.15, 0.2) is 54.6 Å². The first-order valence-corrected chi connectivity index (χ1v) is 8.30. The fourth-order valence-corrected chi connectivity index (χ4v) is 3.26. The molecule has 0 fully saturated rings. The lowest BCUT2D eigenvalue weighted by Crippen LogP contribution is -2.27. The van der Waals surface area contributed by atoms with Crippen LogP contribution in [-0.2, 0) is 11.3 Å². The molecule has 5 heteroatoms. The molecule has 1 amide bonds. The van der Waals surface area contributed by atoms with Gasteiger partial charge in [-0.3, -0.25) is 4.79 Å². The third kappa shape index (κ3) is 4.07. The zero-order valence-electron chi connectivity index (χ0n) is 12.9. The van der Waals surface area contributed by atoms with E-state index < -0.39 is 0 Å². The number of para-hydroxylation sites is 2. The molecule has 23 heavy (non-hydrogen) atoms. The summed E-state index contributed by atoms with van der Waals surface area (Å²) in [5, 5.41) is 0.950. The number of thiazole rings is 1. The van der Waals surface area contributed by atoms with E-state index in [0.717, 1.165) is 21.0 Å². The van der Waals surface area contributed by atoms with E-state index in [-0.39, 0.29) is 5.91 Å². The van der Waals surface area contributed by atoms with Crippen LogP contribution in [0.2, 0.25) is 0 Å². The summed E-state index contributed by atoms with van der Waals surface area (Å²) < 4.78 is 6.71. The minimum Gasteiger partial charge on any atom is -0.493 e. The van der Waals surface area contributed by atoms with Crippen LogP contribution in [0.3, 0.4) is 0 Å². The highest BCUT2D eigenvalue weighted by Crippen LogP contribution is 2.22. The molecular formula is C18H18N2O2S. The number of fused-ring (bicyclic) bond motifs is 1. The van der Waals surface area contributed by atoms with Gasteiger partial charge in [0.15, 0.2) is 0 Å². The minimum absolute atomic E-state index is 0.0557. The van der Waals surface area contributed by atoms with Crippen LogP contribution in [0.5, 0.6) is 5.75 Å². The summed E-state index contributed by atoms with van der Waals surface area (Å²) in [6.07, 6.45) is 0.357. The second-order valence-electron chi connectivity index (χ2n) is 5.24. The Morgan fingerprint density at radius 2 is 1.87 bits per heavy atom. The van der Waals surface area contributed by atoms with Crippen molar-refractivity contribution >= 4 is 27.5 Å². The predicted molar refractivity (Wildman–Crippen MR) is 92.6 cm³/mol. The molecular weight excluding hydrogens is 308 g/mol. The van der Waals surface area contributed by atoms with E-state index in [1.54, 1.807) is 23.3 Å². The molecule has 0 bridgehead atoms. The van der Waals surface area contributed by atoms with Gasteiger partial charge in [-0.05, 0) is 24.3 Å². The van der Waals surface area contributed by atoms with Crippen molar-refractivity contribution in [2.75, 3.05) is 13.7 Å². The van der Waals surface area contributed by atoms with Crippen molar-refractivity contribution in [2.24, 2.45) is 0 Å². The van der Waals surface area contributed by atoms with Gasteiger partial charge in [0.25, 0.3) is 0 Å². The number of carbonyl (C=O) groups excluding carboxylic acids is 1. The average Bonchev–Trinajstić information content (AvgIpc) is 2.98. The minimum atomic E-state index is 0.0557. The van der Waals surface area contributed by atoms with Crippen molar-refractivity contribution < 1.29 is 9.53 Å². The third-order valence-electron chi connectivity index (χ3n) is 3.46. The van der Waals surface area contributed by atoms with E-state index in [2.05, 4.69) is 4.98 Å². The number of hydrogen-bond donors (Lipinski definition) is 0. The topological polar surface area (TPSA) is 42.4 Å². The first-order valence-electron chi connectivity index (χ1n) is 7.48. The first kappa shape index (κ1) is 15.5. The molecule has 1 aromatic heterocycles. The summed E-state index contributed by atoms with van der Waals surface area (Å²) in [5.41, 5.74) is 0.987. The van der Waals surface area contributed by atoms with Crippen LogP contribution in [0.25, 0.3) is 10.2 Å². The monoisotopic (exact) mass is 326 g/mol. The number of amides is 1. The normalized spacial score (nSPS) is 10.7. The Morgan fingerprint density at radius 1 is 1.13 bits per heavy atom. The molecule has 0 spiro atoms. The van der Waals surface area contributed by atoms with Gasteiger partial charge in [-0.15, -0.1) is 11.3 Å². The molecule has 0 unspecified atom stereocenters. The highest BCUT2D eigenvalue weighted by molar-refractivity contribution is 7.18. The van der Waals surface area contributed by atoms with Crippen molar-refractivity contribution in [3.05, 3.63) is 59.6 Å². The number of aromatic nitrogens is 1. The van der Waals surface area contributed by atoms with E-state index in [1.807, 2.05) is 54.6 Å². The van der Waals surface area contributed by atoms with E-state index in [4.69, 9.17) is 4.74 Å². The molecule has 0 aliphatic heterocycles. The zero-order valence-corrected chi connectivity index (χ0v) is 13.8. The molecule has 1 heterocycles. The lowest BCUT2D eigenvalue weighted by atomic mass is 10.3. The smallest absolute Gasteiger partial charge is 0.226 e. The molecule has 3 aromatic rings. The van der Waals surface area contributed by atoms with Gasteiger partial charge in [-0.1, -0.05) is 30.3 Å². The fourth-order valence-electron chi connectivity index (χ4n) is 2.24. The number of rotatable bonds is 6. The standard InChI is InChI=1S/C18H18N2O2S/c1-20(13-17-19-15-9-5-6-10-16(15)23-17)18(21)11-12-22-14-7-3-2-4-8-14/h2-10H,11-13H2,1H3. The SMILES string of the molecule is CN(Cc1nc2ccccc2s1)C(=O)CCOc1ccccc1. The van der Waals surface area contributed by atoms with Crippen molar-refractivity contribution in [3.8, 4) is 5.75 Å². The second kappa shape index (κ2) is 7.24. The molecule has 4 nitrogen and oxygen atoms in total. The van der Waals surface area contributed by atoms with Crippen molar-refractivity contribution in [1.82, 2.24) is 9.88 Å². The van der Waals surface area contributed by atoms with E-state index in [0.29, 0.717) is 19.6 Å².